The van der Waals surface area contributed by atoms with E-state index in [4.69, 9.17) is 12.6 Å². The molecule has 0 unspecified atom stereocenters. The Bertz CT molecular complexity index is 197. The molecule has 10 heavy (non-hydrogen) atoms. The molecule has 1 nitrogen and oxygen atoms in total. The van der Waals surface area contributed by atoms with Gasteiger partial charge in [0.2, 0.25) is 0 Å². The predicted octanol–water partition coefficient (Wildman–Crippen LogP) is 1.24. The molecule has 1 aliphatic carbocycles. The third kappa shape index (κ3) is 1.39. The highest BCUT2D eigenvalue weighted by molar-refractivity contribution is 7.63. The van der Waals surface area contributed by atoms with Crippen LogP contribution in [0.1, 0.15) is 0 Å². The molecule has 0 radical (unpaired) electrons. The maximum atomic E-state index is 5.09. The van der Waals surface area contributed by atoms with Crippen LogP contribution in [0.3, 0.4) is 0 Å². The molecule has 54 valence electrons. The minimum absolute atomic E-state index is 0.838. The second-order valence-electron chi connectivity index (χ2n) is 2.28. The highest BCUT2D eigenvalue weighted by atomic mass is 32.1. The van der Waals surface area contributed by atoms with Crippen LogP contribution in [0.15, 0.2) is 28.8 Å². The van der Waals surface area contributed by atoms with Crippen LogP contribution < -0.4 is 0 Å². The lowest BCUT2D eigenvalue weighted by atomic mass is 10.3. The van der Waals surface area contributed by atoms with E-state index in [-0.39, 0.29) is 0 Å². The standard InChI is InChI=1S/C8H10NS/c1-9(2)8(10)7-5-3-4-6-7/h3-5,10H,1-2H3/q-1/p-1/b8-7+. The summed E-state index contributed by atoms with van der Waals surface area (Å²) in [6.45, 7) is 0. The van der Waals surface area contributed by atoms with Gasteiger partial charge in [0.15, 0.2) is 0 Å². The van der Waals surface area contributed by atoms with Crippen molar-refractivity contribution in [2.75, 3.05) is 14.1 Å². The molecule has 0 amide bonds. The van der Waals surface area contributed by atoms with Crippen molar-refractivity contribution >= 4 is 12.6 Å². The molecule has 1 rings (SSSR count). The Kier molecular flexibility index (Phi) is 2.12. The van der Waals surface area contributed by atoms with Crippen molar-refractivity contribution in [3.63, 3.8) is 0 Å². The van der Waals surface area contributed by atoms with Crippen molar-refractivity contribution in [1.82, 2.24) is 4.90 Å². The van der Waals surface area contributed by atoms with Gasteiger partial charge in [-0.15, -0.1) is 6.08 Å². The first-order valence-electron chi connectivity index (χ1n) is 3.07. The fourth-order valence-corrected chi connectivity index (χ4v) is 0.831. The van der Waals surface area contributed by atoms with Crippen LogP contribution in [-0.2, 0) is 12.6 Å². The topological polar surface area (TPSA) is 3.24 Å². The fraction of sp³-hybridized carbons (Fsp3) is 0.250. The molecule has 0 heterocycles. The molecule has 0 aromatic rings. The monoisotopic (exact) mass is 151 g/mol. The Hall–Kier alpha value is -0.760. The van der Waals surface area contributed by atoms with Gasteiger partial charge < -0.3 is 17.5 Å². The van der Waals surface area contributed by atoms with Gasteiger partial charge in [-0.1, -0.05) is 0 Å². The van der Waals surface area contributed by atoms with Crippen LogP contribution in [-0.4, -0.2) is 19.0 Å². The molecule has 0 aliphatic heterocycles. The average Bonchev–Trinajstić information content (AvgIpc) is 2.36. The minimum Gasteiger partial charge on any atom is -0.822 e. The lowest BCUT2D eigenvalue weighted by Crippen LogP contribution is -2.10. The van der Waals surface area contributed by atoms with Crippen molar-refractivity contribution in [1.29, 1.82) is 0 Å². The SMILES string of the molecule is CN(C)/C([S-])=C1\[C-]=CC=C1. The van der Waals surface area contributed by atoms with E-state index in [9.17, 15) is 0 Å². The van der Waals surface area contributed by atoms with E-state index in [0.717, 1.165) is 10.6 Å². The summed E-state index contributed by atoms with van der Waals surface area (Å²) in [4.78, 5) is 1.90. The molecule has 2 heteroatoms. The summed E-state index contributed by atoms with van der Waals surface area (Å²) in [6, 6.07) is 0. The Morgan fingerprint density at radius 3 is 2.70 bits per heavy atom. The first kappa shape index (κ1) is 7.35. The first-order valence-corrected chi connectivity index (χ1v) is 3.47. The number of rotatable bonds is 1. The largest absolute Gasteiger partial charge is 0.822 e. The summed E-state index contributed by atoms with van der Waals surface area (Å²) in [5.41, 5.74) is 1.00. The molecule has 0 aromatic heterocycles. The molecule has 0 N–H and O–H groups in total. The van der Waals surface area contributed by atoms with Crippen LogP contribution >= 0.6 is 0 Å². The number of nitrogens with zero attached hydrogens (tertiary/aromatic N) is 1. The number of allylic oxidation sites excluding steroid dienone is 5. The van der Waals surface area contributed by atoms with Crippen LogP contribution in [0, 0.1) is 6.08 Å². The molecular formula is C8H9NS-2. The quantitative estimate of drug-likeness (QED) is 0.410. The van der Waals surface area contributed by atoms with Gasteiger partial charge in [0.1, 0.15) is 0 Å². The molecule has 1 aliphatic rings. The molecule has 0 atom stereocenters. The number of hydrogen-bond donors (Lipinski definition) is 0. The van der Waals surface area contributed by atoms with Crippen molar-refractivity contribution in [3.8, 4) is 0 Å². The van der Waals surface area contributed by atoms with E-state index in [1.165, 1.54) is 0 Å². The summed E-state index contributed by atoms with van der Waals surface area (Å²) in [7, 11) is 3.87. The predicted molar refractivity (Wildman–Crippen MR) is 45.0 cm³/mol. The van der Waals surface area contributed by atoms with E-state index < -0.39 is 0 Å². The molecule has 0 saturated heterocycles. The van der Waals surface area contributed by atoms with Gasteiger partial charge in [-0.2, -0.15) is 28.8 Å². The summed E-state index contributed by atoms with van der Waals surface area (Å²) in [5, 5.41) is 0.838. The normalized spacial score (nSPS) is 19.8. The van der Waals surface area contributed by atoms with Crippen molar-refractivity contribution in [2.45, 2.75) is 0 Å². The molecule has 0 aromatic carbocycles. The van der Waals surface area contributed by atoms with Crippen LogP contribution in [0.25, 0.3) is 0 Å². The average molecular weight is 151 g/mol. The van der Waals surface area contributed by atoms with Crippen LogP contribution in [0.4, 0.5) is 0 Å². The second-order valence-corrected chi connectivity index (χ2v) is 2.67. The Labute approximate surface area is 67.1 Å². The highest BCUT2D eigenvalue weighted by Crippen LogP contribution is 2.12. The maximum absolute atomic E-state index is 5.09. The zero-order valence-electron chi connectivity index (χ0n) is 6.09. The van der Waals surface area contributed by atoms with E-state index >= 15 is 0 Å². The molecule has 0 spiro atoms. The van der Waals surface area contributed by atoms with Gasteiger partial charge >= 0.3 is 0 Å². The second kappa shape index (κ2) is 2.88. The van der Waals surface area contributed by atoms with Crippen LogP contribution in [0.2, 0.25) is 0 Å². The minimum atomic E-state index is 0.838. The third-order valence-corrected chi connectivity index (χ3v) is 1.82. The highest BCUT2D eigenvalue weighted by Gasteiger charge is 1.83. The number of hydrogen-bond acceptors (Lipinski definition) is 2. The Morgan fingerprint density at radius 2 is 2.30 bits per heavy atom. The fourth-order valence-electron chi connectivity index (χ4n) is 0.704. The van der Waals surface area contributed by atoms with E-state index in [2.05, 4.69) is 6.08 Å². The van der Waals surface area contributed by atoms with Crippen LogP contribution in [0.5, 0.6) is 0 Å². The van der Waals surface area contributed by atoms with Gasteiger partial charge in [-0.3, -0.25) is 0 Å². The van der Waals surface area contributed by atoms with Gasteiger partial charge in [0, 0.05) is 0 Å². The van der Waals surface area contributed by atoms with Gasteiger partial charge in [0.05, 0.1) is 0 Å². The molecular weight excluding hydrogens is 142 g/mol. The maximum Gasteiger partial charge on any atom is -0.00534 e. The van der Waals surface area contributed by atoms with Crippen molar-refractivity contribution in [2.24, 2.45) is 0 Å². The summed E-state index contributed by atoms with van der Waals surface area (Å²) in [6.07, 6.45) is 8.80. The zero-order chi connectivity index (χ0) is 7.56. The lowest BCUT2D eigenvalue weighted by molar-refractivity contribution is 0.548. The van der Waals surface area contributed by atoms with Gasteiger partial charge in [-0.05, 0) is 14.1 Å². The summed E-state index contributed by atoms with van der Waals surface area (Å²) >= 11 is 5.09. The van der Waals surface area contributed by atoms with E-state index in [0.29, 0.717) is 0 Å². The van der Waals surface area contributed by atoms with Crippen molar-refractivity contribution in [3.05, 3.63) is 34.9 Å². The smallest absolute Gasteiger partial charge is 0.00534 e. The molecule has 0 saturated carbocycles. The zero-order valence-corrected chi connectivity index (χ0v) is 6.90. The summed E-state index contributed by atoms with van der Waals surface area (Å²) in [5.74, 6) is 0. The van der Waals surface area contributed by atoms with Gasteiger partial charge in [0.25, 0.3) is 0 Å². The molecule has 0 fully saturated rings. The third-order valence-electron chi connectivity index (χ3n) is 1.23. The van der Waals surface area contributed by atoms with Gasteiger partial charge in [-0.25, -0.2) is 0 Å². The Balaban J connectivity index is 2.85. The lowest BCUT2D eigenvalue weighted by Gasteiger charge is -2.31. The van der Waals surface area contributed by atoms with E-state index in [1.54, 1.807) is 0 Å². The first-order chi connectivity index (χ1) is 4.72. The summed E-state index contributed by atoms with van der Waals surface area (Å²) < 4.78 is 0. The Morgan fingerprint density at radius 1 is 1.60 bits per heavy atom. The van der Waals surface area contributed by atoms with Crippen molar-refractivity contribution < 1.29 is 0 Å². The molecule has 0 bridgehead atoms. The van der Waals surface area contributed by atoms with E-state index in [1.807, 2.05) is 37.2 Å².